The van der Waals surface area contributed by atoms with Crippen molar-refractivity contribution >= 4 is 0 Å². The SMILES string of the molecule is CCCNC(c1cc(C)c(C)o1)C1CCCC1C. The van der Waals surface area contributed by atoms with Crippen molar-refractivity contribution < 1.29 is 4.42 Å². The minimum atomic E-state index is 0.412. The van der Waals surface area contributed by atoms with E-state index < -0.39 is 0 Å². The Bertz CT molecular complexity index is 363. The Morgan fingerprint density at radius 3 is 2.67 bits per heavy atom. The van der Waals surface area contributed by atoms with Crippen LogP contribution >= 0.6 is 0 Å². The largest absolute Gasteiger partial charge is 0.464 e. The minimum absolute atomic E-state index is 0.412. The van der Waals surface area contributed by atoms with Crippen LogP contribution < -0.4 is 5.32 Å². The highest BCUT2D eigenvalue weighted by molar-refractivity contribution is 5.21. The first kappa shape index (κ1) is 13.7. The van der Waals surface area contributed by atoms with Crippen molar-refractivity contribution in [3.63, 3.8) is 0 Å². The summed E-state index contributed by atoms with van der Waals surface area (Å²) in [6.45, 7) is 9.89. The van der Waals surface area contributed by atoms with Crippen molar-refractivity contribution in [3.8, 4) is 0 Å². The van der Waals surface area contributed by atoms with Crippen LogP contribution in [0.1, 0.15) is 62.7 Å². The van der Waals surface area contributed by atoms with Crippen LogP contribution in [-0.2, 0) is 0 Å². The summed E-state index contributed by atoms with van der Waals surface area (Å²) in [6.07, 6.45) is 5.25. The van der Waals surface area contributed by atoms with Crippen molar-refractivity contribution in [3.05, 3.63) is 23.2 Å². The first-order valence-electron chi connectivity index (χ1n) is 7.43. The minimum Gasteiger partial charge on any atom is -0.464 e. The molecule has 1 aliphatic carbocycles. The van der Waals surface area contributed by atoms with Gasteiger partial charge in [-0.05, 0) is 56.7 Å². The molecule has 0 spiro atoms. The molecule has 0 saturated heterocycles. The van der Waals surface area contributed by atoms with E-state index >= 15 is 0 Å². The van der Waals surface area contributed by atoms with Crippen molar-refractivity contribution in [1.82, 2.24) is 5.32 Å². The zero-order valence-electron chi connectivity index (χ0n) is 12.3. The first-order valence-corrected chi connectivity index (χ1v) is 7.43. The molecule has 1 N–H and O–H groups in total. The summed E-state index contributed by atoms with van der Waals surface area (Å²) in [6, 6.07) is 2.64. The van der Waals surface area contributed by atoms with Gasteiger partial charge in [-0.1, -0.05) is 26.7 Å². The molecule has 102 valence electrons. The number of hydrogen-bond donors (Lipinski definition) is 1. The van der Waals surface area contributed by atoms with Crippen LogP contribution in [0.3, 0.4) is 0 Å². The van der Waals surface area contributed by atoms with Crippen LogP contribution in [-0.4, -0.2) is 6.54 Å². The molecule has 1 fully saturated rings. The van der Waals surface area contributed by atoms with E-state index in [2.05, 4.69) is 39.1 Å². The molecule has 0 amide bonds. The van der Waals surface area contributed by atoms with Gasteiger partial charge in [0.25, 0.3) is 0 Å². The molecule has 2 rings (SSSR count). The molecule has 3 unspecified atom stereocenters. The maximum atomic E-state index is 5.97. The third-order valence-corrected chi connectivity index (χ3v) is 4.46. The van der Waals surface area contributed by atoms with Gasteiger partial charge in [-0.25, -0.2) is 0 Å². The molecule has 1 saturated carbocycles. The van der Waals surface area contributed by atoms with Crippen LogP contribution in [0.5, 0.6) is 0 Å². The van der Waals surface area contributed by atoms with E-state index in [0.717, 1.165) is 29.9 Å². The lowest BCUT2D eigenvalue weighted by Gasteiger charge is -2.26. The van der Waals surface area contributed by atoms with Crippen LogP contribution in [0.15, 0.2) is 10.5 Å². The first-order chi connectivity index (χ1) is 8.63. The Morgan fingerprint density at radius 2 is 2.17 bits per heavy atom. The molecule has 1 aromatic heterocycles. The second-order valence-corrected chi connectivity index (χ2v) is 5.89. The second kappa shape index (κ2) is 5.92. The zero-order valence-corrected chi connectivity index (χ0v) is 12.3. The van der Waals surface area contributed by atoms with Gasteiger partial charge < -0.3 is 9.73 Å². The Kier molecular flexibility index (Phi) is 4.50. The summed E-state index contributed by atoms with van der Waals surface area (Å²) in [7, 11) is 0. The molecule has 0 aliphatic heterocycles. The van der Waals surface area contributed by atoms with Crippen molar-refractivity contribution in [1.29, 1.82) is 0 Å². The molecule has 0 bridgehead atoms. The van der Waals surface area contributed by atoms with Gasteiger partial charge in [-0.3, -0.25) is 0 Å². The van der Waals surface area contributed by atoms with Crippen LogP contribution in [0.25, 0.3) is 0 Å². The summed E-state index contributed by atoms with van der Waals surface area (Å²) in [5, 5.41) is 3.70. The van der Waals surface area contributed by atoms with Crippen LogP contribution in [0, 0.1) is 25.7 Å². The van der Waals surface area contributed by atoms with Crippen molar-refractivity contribution in [2.45, 2.75) is 59.4 Å². The normalized spacial score (nSPS) is 25.6. The highest BCUT2D eigenvalue weighted by Gasteiger charge is 2.33. The zero-order chi connectivity index (χ0) is 13.1. The van der Waals surface area contributed by atoms with Gasteiger partial charge in [-0.15, -0.1) is 0 Å². The maximum Gasteiger partial charge on any atom is 0.121 e. The number of aryl methyl sites for hydroxylation is 2. The Morgan fingerprint density at radius 1 is 1.39 bits per heavy atom. The van der Waals surface area contributed by atoms with Crippen molar-refractivity contribution in [2.24, 2.45) is 11.8 Å². The fraction of sp³-hybridized carbons (Fsp3) is 0.750. The number of furan rings is 1. The number of rotatable bonds is 5. The van der Waals surface area contributed by atoms with E-state index in [0.29, 0.717) is 6.04 Å². The smallest absolute Gasteiger partial charge is 0.121 e. The quantitative estimate of drug-likeness (QED) is 0.838. The monoisotopic (exact) mass is 249 g/mol. The van der Waals surface area contributed by atoms with E-state index in [-0.39, 0.29) is 0 Å². The summed E-state index contributed by atoms with van der Waals surface area (Å²) in [5.41, 5.74) is 1.28. The predicted molar refractivity (Wildman–Crippen MR) is 75.7 cm³/mol. The van der Waals surface area contributed by atoms with Gasteiger partial charge in [0.1, 0.15) is 11.5 Å². The average molecular weight is 249 g/mol. The standard InChI is InChI=1S/C16H27NO/c1-5-9-17-16(14-8-6-7-11(14)2)15-10-12(3)13(4)18-15/h10-11,14,16-17H,5-9H2,1-4H3. The van der Waals surface area contributed by atoms with Gasteiger partial charge in [0.15, 0.2) is 0 Å². The highest BCUT2D eigenvalue weighted by atomic mass is 16.3. The maximum absolute atomic E-state index is 5.97. The topological polar surface area (TPSA) is 25.2 Å². The third-order valence-electron chi connectivity index (χ3n) is 4.46. The van der Waals surface area contributed by atoms with Gasteiger partial charge >= 0.3 is 0 Å². The van der Waals surface area contributed by atoms with Gasteiger partial charge in [0.2, 0.25) is 0 Å². The van der Waals surface area contributed by atoms with E-state index in [1.165, 1.54) is 31.2 Å². The molecule has 18 heavy (non-hydrogen) atoms. The number of hydrogen-bond acceptors (Lipinski definition) is 2. The molecule has 0 radical (unpaired) electrons. The van der Waals surface area contributed by atoms with Gasteiger partial charge in [-0.2, -0.15) is 0 Å². The highest BCUT2D eigenvalue weighted by Crippen LogP contribution is 2.40. The van der Waals surface area contributed by atoms with E-state index in [9.17, 15) is 0 Å². The van der Waals surface area contributed by atoms with E-state index in [1.807, 2.05) is 0 Å². The lowest BCUT2D eigenvalue weighted by Crippen LogP contribution is -2.30. The van der Waals surface area contributed by atoms with E-state index in [4.69, 9.17) is 4.42 Å². The second-order valence-electron chi connectivity index (χ2n) is 5.89. The summed E-state index contributed by atoms with van der Waals surface area (Å²) in [4.78, 5) is 0. The molecule has 3 atom stereocenters. The lowest BCUT2D eigenvalue weighted by atomic mass is 9.88. The molecule has 2 nitrogen and oxygen atoms in total. The molecular formula is C16H27NO. The summed E-state index contributed by atoms with van der Waals surface area (Å²) >= 11 is 0. The molecule has 1 aliphatic rings. The Hall–Kier alpha value is -0.760. The molecule has 1 heterocycles. The molecule has 0 aromatic carbocycles. The molecular weight excluding hydrogens is 222 g/mol. The average Bonchev–Trinajstić information content (AvgIpc) is 2.88. The lowest BCUT2D eigenvalue weighted by molar-refractivity contribution is 0.263. The van der Waals surface area contributed by atoms with Gasteiger partial charge in [0, 0.05) is 0 Å². The van der Waals surface area contributed by atoms with Crippen LogP contribution in [0.4, 0.5) is 0 Å². The molecule has 1 aromatic rings. The fourth-order valence-corrected chi connectivity index (χ4v) is 3.19. The van der Waals surface area contributed by atoms with Crippen LogP contribution in [0.2, 0.25) is 0 Å². The Labute approximate surface area is 111 Å². The predicted octanol–water partition coefficient (Wildman–Crippen LogP) is 4.37. The third kappa shape index (κ3) is 2.80. The summed E-state index contributed by atoms with van der Waals surface area (Å²) < 4.78 is 5.97. The summed E-state index contributed by atoms with van der Waals surface area (Å²) in [5.74, 6) is 3.77. The molecule has 2 heteroatoms. The van der Waals surface area contributed by atoms with Crippen molar-refractivity contribution in [2.75, 3.05) is 6.54 Å². The fourth-order valence-electron chi connectivity index (χ4n) is 3.19. The Balaban J connectivity index is 2.18. The number of nitrogens with one attached hydrogen (secondary N) is 1. The van der Waals surface area contributed by atoms with E-state index in [1.54, 1.807) is 0 Å². The van der Waals surface area contributed by atoms with Gasteiger partial charge in [0.05, 0.1) is 6.04 Å².